The molecule has 0 aliphatic heterocycles. The second-order valence-corrected chi connectivity index (χ2v) is 8.40. The lowest BCUT2D eigenvalue weighted by Gasteiger charge is -2.10. The first-order chi connectivity index (χ1) is 17.8. The van der Waals surface area contributed by atoms with E-state index < -0.39 is 17.6 Å². The Morgan fingerprint density at radius 3 is 2.38 bits per heavy atom. The van der Waals surface area contributed by atoms with E-state index in [9.17, 15) is 14.4 Å². The van der Waals surface area contributed by atoms with Crippen LogP contribution in [0.1, 0.15) is 39.8 Å². The Bertz CT molecular complexity index is 1500. The van der Waals surface area contributed by atoms with Crippen molar-refractivity contribution in [3.8, 4) is 11.5 Å². The molecule has 0 aliphatic rings. The van der Waals surface area contributed by atoms with Crippen molar-refractivity contribution in [1.82, 2.24) is 14.5 Å². The Morgan fingerprint density at radius 1 is 0.973 bits per heavy atom. The molecule has 0 bridgehead atoms. The molecule has 9 heteroatoms. The molecule has 0 amide bonds. The quantitative estimate of drug-likeness (QED) is 0.209. The van der Waals surface area contributed by atoms with Gasteiger partial charge in [0.05, 0.1) is 19.7 Å². The van der Waals surface area contributed by atoms with Crippen LogP contribution in [-0.4, -0.2) is 39.7 Å². The first-order valence-corrected chi connectivity index (χ1v) is 11.6. The van der Waals surface area contributed by atoms with Crippen LogP contribution < -0.4 is 15.2 Å². The Kier molecular flexibility index (Phi) is 7.73. The lowest BCUT2D eigenvalue weighted by atomic mass is 10.1. The van der Waals surface area contributed by atoms with Crippen molar-refractivity contribution >= 4 is 18.1 Å². The van der Waals surface area contributed by atoms with Crippen molar-refractivity contribution in [3.63, 3.8) is 0 Å². The highest BCUT2D eigenvalue weighted by Crippen LogP contribution is 2.28. The highest BCUT2D eigenvalue weighted by Gasteiger charge is 2.16. The van der Waals surface area contributed by atoms with Crippen molar-refractivity contribution in [2.75, 3.05) is 7.11 Å². The van der Waals surface area contributed by atoms with Crippen LogP contribution in [0.3, 0.4) is 0 Å². The summed E-state index contributed by atoms with van der Waals surface area (Å²) < 4.78 is 12.8. The highest BCUT2D eigenvalue weighted by atomic mass is 16.6. The SMILES string of the molecule is COc1ccc(/C=N/n2c(Cc3ccc(C)cc3)nn(C(C)=O)c2=O)cc1OC(=O)Cc1ccccc1. The number of aryl methyl sites for hydroxylation is 1. The molecular formula is C28H26N4O5. The molecule has 0 saturated carbocycles. The van der Waals surface area contributed by atoms with E-state index in [4.69, 9.17) is 9.47 Å². The third-order valence-corrected chi connectivity index (χ3v) is 5.53. The third-order valence-electron chi connectivity index (χ3n) is 5.53. The number of aromatic nitrogens is 3. The molecule has 4 rings (SSSR count). The first-order valence-electron chi connectivity index (χ1n) is 11.6. The van der Waals surface area contributed by atoms with Crippen molar-refractivity contribution < 1.29 is 19.1 Å². The number of carbonyl (C=O) groups is 2. The molecule has 0 unspecified atom stereocenters. The first kappa shape index (κ1) is 25.3. The summed E-state index contributed by atoms with van der Waals surface area (Å²) in [5.41, 5.74) is 2.72. The van der Waals surface area contributed by atoms with E-state index in [0.717, 1.165) is 26.0 Å². The zero-order chi connectivity index (χ0) is 26.4. The maximum atomic E-state index is 12.8. The lowest BCUT2D eigenvalue weighted by molar-refractivity contribution is -0.133. The van der Waals surface area contributed by atoms with Gasteiger partial charge in [-0.15, -0.1) is 9.78 Å². The van der Waals surface area contributed by atoms with Crippen LogP contribution >= 0.6 is 0 Å². The van der Waals surface area contributed by atoms with Crippen molar-refractivity contribution in [2.24, 2.45) is 5.10 Å². The van der Waals surface area contributed by atoms with Gasteiger partial charge in [-0.1, -0.05) is 60.2 Å². The van der Waals surface area contributed by atoms with Gasteiger partial charge in [-0.05, 0) is 41.8 Å². The number of hydrogen-bond donors (Lipinski definition) is 0. The summed E-state index contributed by atoms with van der Waals surface area (Å²) >= 11 is 0. The van der Waals surface area contributed by atoms with Crippen LogP contribution in [0.25, 0.3) is 0 Å². The largest absolute Gasteiger partial charge is 0.493 e. The molecule has 0 N–H and O–H groups in total. The molecule has 0 spiro atoms. The Balaban J connectivity index is 1.61. The number of ether oxygens (including phenoxy) is 2. The van der Waals surface area contributed by atoms with Crippen molar-refractivity contribution in [3.05, 3.63) is 111 Å². The molecule has 0 aliphatic carbocycles. The predicted molar refractivity (Wildman–Crippen MR) is 139 cm³/mol. The Hall–Kier alpha value is -4.79. The number of esters is 1. The minimum absolute atomic E-state index is 0.101. The van der Waals surface area contributed by atoms with Gasteiger partial charge in [-0.3, -0.25) is 9.59 Å². The van der Waals surface area contributed by atoms with E-state index in [-0.39, 0.29) is 12.2 Å². The van der Waals surface area contributed by atoms with Crippen LogP contribution in [0.5, 0.6) is 11.5 Å². The highest BCUT2D eigenvalue weighted by molar-refractivity contribution is 5.82. The second-order valence-electron chi connectivity index (χ2n) is 8.40. The molecule has 37 heavy (non-hydrogen) atoms. The van der Waals surface area contributed by atoms with E-state index in [1.165, 1.54) is 20.2 Å². The summed E-state index contributed by atoms with van der Waals surface area (Å²) in [6.07, 6.45) is 1.84. The van der Waals surface area contributed by atoms with Crippen LogP contribution in [0.2, 0.25) is 0 Å². The predicted octanol–water partition coefficient (Wildman–Crippen LogP) is 3.64. The average molecular weight is 499 g/mol. The monoisotopic (exact) mass is 498 g/mol. The van der Waals surface area contributed by atoms with E-state index in [1.807, 2.05) is 61.5 Å². The fraction of sp³-hybridized carbons (Fsp3) is 0.179. The van der Waals surface area contributed by atoms with Gasteiger partial charge < -0.3 is 9.47 Å². The molecule has 0 saturated heterocycles. The van der Waals surface area contributed by atoms with Gasteiger partial charge in [-0.25, -0.2) is 4.79 Å². The normalized spacial score (nSPS) is 11.0. The molecule has 188 valence electrons. The maximum Gasteiger partial charge on any atom is 0.374 e. The maximum absolute atomic E-state index is 12.8. The Labute approximate surface area is 213 Å². The van der Waals surface area contributed by atoms with E-state index in [2.05, 4.69) is 10.2 Å². The number of carbonyl (C=O) groups excluding carboxylic acids is 2. The molecule has 0 fully saturated rings. The van der Waals surface area contributed by atoms with Crippen LogP contribution in [0.15, 0.2) is 82.7 Å². The van der Waals surface area contributed by atoms with Gasteiger partial charge in [0, 0.05) is 13.3 Å². The van der Waals surface area contributed by atoms with E-state index in [0.29, 0.717) is 23.6 Å². The average Bonchev–Trinajstić information content (AvgIpc) is 3.19. The number of benzene rings is 3. The smallest absolute Gasteiger partial charge is 0.374 e. The summed E-state index contributed by atoms with van der Waals surface area (Å²) in [5.74, 6) is -0.0540. The number of hydrogen-bond acceptors (Lipinski definition) is 7. The molecule has 0 atom stereocenters. The molecule has 4 aromatic rings. The Morgan fingerprint density at radius 2 is 1.70 bits per heavy atom. The molecule has 1 heterocycles. The van der Waals surface area contributed by atoms with Crippen molar-refractivity contribution in [1.29, 1.82) is 0 Å². The van der Waals surface area contributed by atoms with Gasteiger partial charge >= 0.3 is 11.7 Å². The van der Waals surface area contributed by atoms with Gasteiger partial charge in [0.2, 0.25) is 5.91 Å². The van der Waals surface area contributed by atoms with Gasteiger partial charge in [0.1, 0.15) is 0 Å². The number of nitrogens with zero attached hydrogens (tertiary/aromatic N) is 4. The zero-order valence-electron chi connectivity index (χ0n) is 20.7. The molecule has 3 aromatic carbocycles. The summed E-state index contributed by atoms with van der Waals surface area (Å²) in [6, 6.07) is 22.0. The van der Waals surface area contributed by atoms with E-state index in [1.54, 1.807) is 18.2 Å². The van der Waals surface area contributed by atoms with Crippen molar-refractivity contribution in [2.45, 2.75) is 26.7 Å². The summed E-state index contributed by atoms with van der Waals surface area (Å²) in [5, 5.41) is 8.48. The van der Waals surface area contributed by atoms with Crippen LogP contribution in [0.4, 0.5) is 0 Å². The topological polar surface area (TPSA) is 105 Å². The molecular weight excluding hydrogens is 472 g/mol. The van der Waals surface area contributed by atoms with Gasteiger partial charge in [0.15, 0.2) is 17.3 Å². The third kappa shape index (κ3) is 6.26. The van der Waals surface area contributed by atoms with Gasteiger partial charge in [-0.2, -0.15) is 9.78 Å². The summed E-state index contributed by atoms with van der Waals surface area (Å²) in [6.45, 7) is 3.24. The fourth-order valence-corrected chi connectivity index (χ4v) is 3.62. The number of rotatable bonds is 8. The summed E-state index contributed by atoms with van der Waals surface area (Å²) in [7, 11) is 1.48. The molecule has 0 radical (unpaired) electrons. The van der Waals surface area contributed by atoms with E-state index >= 15 is 0 Å². The lowest BCUT2D eigenvalue weighted by Crippen LogP contribution is -2.27. The van der Waals surface area contributed by atoms with Crippen LogP contribution in [0, 0.1) is 6.92 Å². The molecule has 9 nitrogen and oxygen atoms in total. The fourth-order valence-electron chi connectivity index (χ4n) is 3.62. The van der Waals surface area contributed by atoms with Crippen LogP contribution in [-0.2, 0) is 17.6 Å². The second kappa shape index (κ2) is 11.3. The minimum Gasteiger partial charge on any atom is -0.493 e. The zero-order valence-corrected chi connectivity index (χ0v) is 20.7. The van der Waals surface area contributed by atoms with Gasteiger partial charge in [0.25, 0.3) is 0 Å². The molecule has 1 aromatic heterocycles. The number of methoxy groups -OCH3 is 1. The minimum atomic E-state index is -0.672. The standard InChI is InChI=1S/C28H26N4O5/c1-19-9-11-22(12-10-19)16-26-30-31(20(2)33)28(35)32(26)29-18-23-13-14-24(36-3)25(15-23)37-27(34)17-21-7-5-4-6-8-21/h4-15,18H,16-17H2,1-3H3/b29-18+. The summed E-state index contributed by atoms with van der Waals surface area (Å²) in [4.78, 5) is 37.2.